The van der Waals surface area contributed by atoms with Crippen LogP contribution in [0.15, 0.2) is 24.3 Å². The Morgan fingerprint density at radius 1 is 1.48 bits per heavy atom. The Bertz CT molecular complexity index is 612. The first kappa shape index (κ1) is 15.8. The summed E-state index contributed by atoms with van der Waals surface area (Å²) >= 11 is 0. The lowest BCUT2D eigenvalue weighted by atomic mass is 10.1. The van der Waals surface area contributed by atoms with Gasteiger partial charge in [0, 0.05) is 24.5 Å². The molecular weight excluding hydrogens is 288 g/mol. The first-order valence-corrected chi connectivity index (χ1v) is 7.15. The van der Waals surface area contributed by atoms with Crippen molar-refractivity contribution in [2.24, 2.45) is 0 Å². The van der Waals surface area contributed by atoms with Crippen LogP contribution in [0.25, 0.3) is 10.9 Å². The molecule has 0 radical (unpaired) electrons. The Morgan fingerprint density at radius 3 is 3.10 bits per heavy atom. The van der Waals surface area contributed by atoms with Crippen LogP contribution in [-0.2, 0) is 11.2 Å². The Labute approximate surface area is 130 Å². The van der Waals surface area contributed by atoms with Crippen molar-refractivity contribution in [1.29, 1.82) is 0 Å². The zero-order valence-corrected chi connectivity index (χ0v) is 12.9. The molecule has 0 aliphatic carbocycles. The lowest BCUT2D eigenvalue weighted by Crippen LogP contribution is -2.41. The number of nitrogens with one attached hydrogen (secondary N) is 2. The van der Waals surface area contributed by atoms with Crippen LogP contribution >= 0.6 is 12.4 Å². The third-order valence-electron chi connectivity index (χ3n) is 4.01. The molecule has 1 saturated heterocycles. The standard InChI is InChI=1S/C15H20N4O.ClH/c1-16-10-11-5-4-8-19(11)15(20)9-14-12-6-2-3-7-13(12)17-18-14;/h2-3,6-7,11,16H,4-5,8-10H2,1H3,(H,17,18);1H. The third-order valence-corrected chi connectivity index (χ3v) is 4.01. The van der Waals surface area contributed by atoms with Crippen LogP contribution in [0.3, 0.4) is 0 Å². The molecule has 1 aliphatic rings. The number of likely N-dealkylation sites (tertiary alicyclic amines) is 1. The molecular formula is C15H21ClN4O. The number of para-hydroxylation sites is 1. The summed E-state index contributed by atoms with van der Waals surface area (Å²) in [4.78, 5) is 14.5. The Balaban J connectivity index is 0.00000161. The molecule has 1 aromatic carbocycles. The highest BCUT2D eigenvalue weighted by Crippen LogP contribution is 2.20. The second-order valence-corrected chi connectivity index (χ2v) is 5.34. The van der Waals surface area contributed by atoms with Crippen molar-refractivity contribution >= 4 is 29.2 Å². The van der Waals surface area contributed by atoms with Gasteiger partial charge in [0.15, 0.2) is 0 Å². The predicted molar refractivity (Wildman–Crippen MR) is 85.7 cm³/mol. The molecule has 0 saturated carbocycles. The number of carbonyl (C=O) groups excluding carboxylic acids is 1. The minimum Gasteiger partial charge on any atom is -0.338 e. The summed E-state index contributed by atoms with van der Waals surface area (Å²) in [6, 6.07) is 8.24. The molecule has 6 heteroatoms. The number of hydrogen-bond acceptors (Lipinski definition) is 3. The Hall–Kier alpha value is -1.59. The number of fused-ring (bicyclic) bond motifs is 1. The van der Waals surface area contributed by atoms with Crippen molar-refractivity contribution in [3.8, 4) is 0 Å². The first-order valence-electron chi connectivity index (χ1n) is 7.15. The number of hydrogen-bond donors (Lipinski definition) is 2. The number of likely N-dealkylation sites (N-methyl/N-ethyl adjacent to an activating group) is 1. The second kappa shape index (κ2) is 6.91. The van der Waals surface area contributed by atoms with Crippen molar-refractivity contribution in [2.45, 2.75) is 25.3 Å². The van der Waals surface area contributed by atoms with E-state index in [-0.39, 0.29) is 18.3 Å². The molecule has 2 N–H and O–H groups in total. The maximum Gasteiger partial charge on any atom is 0.228 e. The quantitative estimate of drug-likeness (QED) is 0.904. The van der Waals surface area contributed by atoms with Gasteiger partial charge in [-0.1, -0.05) is 18.2 Å². The SMILES string of the molecule is CNCC1CCCN1C(=O)Cc1[nH]nc2ccccc12.Cl. The van der Waals surface area contributed by atoms with Crippen LogP contribution in [0.1, 0.15) is 18.5 Å². The number of H-pyrrole nitrogens is 1. The third kappa shape index (κ3) is 3.19. The van der Waals surface area contributed by atoms with E-state index in [1.165, 1.54) is 0 Å². The number of rotatable bonds is 4. The van der Waals surface area contributed by atoms with E-state index < -0.39 is 0 Å². The van der Waals surface area contributed by atoms with Gasteiger partial charge in [-0.3, -0.25) is 9.89 Å². The van der Waals surface area contributed by atoms with Gasteiger partial charge in [0.1, 0.15) is 0 Å². The molecule has 1 aliphatic heterocycles. The summed E-state index contributed by atoms with van der Waals surface area (Å²) in [5.41, 5.74) is 1.84. The Kier molecular flexibility index (Phi) is 5.20. The van der Waals surface area contributed by atoms with Crippen molar-refractivity contribution < 1.29 is 4.79 Å². The van der Waals surface area contributed by atoms with Crippen LogP contribution < -0.4 is 5.32 Å². The van der Waals surface area contributed by atoms with E-state index >= 15 is 0 Å². The highest BCUT2D eigenvalue weighted by atomic mass is 35.5. The van der Waals surface area contributed by atoms with Crippen LogP contribution in [0.2, 0.25) is 0 Å². The van der Waals surface area contributed by atoms with Crippen LogP contribution in [0, 0.1) is 0 Å². The number of carbonyl (C=O) groups is 1. The van der Waals surface area contributed by atoms with E-state index in [1.54, 1.807) is 0 Å². The predicted octanol–water partition coefficient (Wildman–Crippen LogP) is 1.74. The number of amides is 1. The molecule has 1 amide bonds. The highest BCUT2D eigenvalue weighted by Gasteiger charge is 2.28. The molecule has 114 valence electrons. The van der Waals surface area contributed by atoms with Gasteiger partial charge < -0.3 is 10.2 Å². The molecule has 2 aromatic rings. The van der Waals surface area contributed by atoms with E-state index in [1.807, 2.05) is 36.2 Å². The fourth-order valence-corrected chi connectivity index (χ4v) is 3.01. The number of aromatic amines is 1. The molecule has 0 spiro atoms. The van der Waals surface area contributed by atoms with E-state index in [0.29, 0.717) is 12.5 Å². The van der Waals surface area contributed by atoms with Crippen molar-refractivity contribution in [2.75, 3.05) is 20.1 Å². The molecule has 3 rings (SSSR count). The monoisotopic (exact) mass is 308 g/mol. The van der Waals surface area contributed by atoms with Gasteiger partial charge in [0.25, 0.3) is 0 Å². The summed E-state index contributed by atoms with van der Waals surface area (Å²) in [7, 11) is 1.93. The summed E-state index contributed by atoms with van der Waals surface area (Å²) < 4.78 is 0. The summed E-state index contributed by atoms with van der Waals surface area (Å²) in [5, 5.41) is 11.5. The molecule has 1 atom stereocenters. The Morgan fingerprint density at radius 2 is 2.29 bits per heavy atom. The number of halogens is 1. The number of aromatic nitrogens is 2. The fourth-order valence-electron chi connectivity index (χ4n) is 3.01. The number of nitrogens with zero attached hydrogens (tertiary/aromatic N) is 2. The molecule has 1 aromatic heterocycles. The highest BCUT2D eigenvalue weighted by molar-refractivity contribution is 5.87. The second-order valence-electron chi connectivity index (χ2n) is 5.34. The topological polar surface area (TPSA) is 61.0 Å². The zero-order valence-electron chi connectivity index (χ0n) is 12.1. The van der Waals surface area contributed by atoms with Crippen molar-refractivity contribution in [1.82, 2.24) is 20.4 Å². The van der Waals surface area contributed by atoms with Gasteiger partial charge in [-0.15, -0.1) is 12.4 Å². The average molecular weight is 309 g/mol. The molecule has 2 heterocycles. The summed E-state index contributed by atoms with van der Waals surface area (Å²) in [6.07, 6.45) is 2.60. The minimum atomic E-state index is 0. The average Bonchev–Trinajstić information content (AvgIpc) is 3.07. The van der Waals surface area contributed by atoms with E-state index in [9.17, 15) is 4.79 Å². The zero-order chi connectivity index (χ0) is 13.9. The van der Waals surface area contributed by atoms with Gasteiger partial charge in [0.05, 0.1) is 17.6 Å². The van der Waals surface area contributed by atoms with E-state index in [2.05, 4.69) is 15.5 Å². The van der Waals surface area contributed by atoms with Gasteiger partial charge in [-0.05, 0) is 26.0 Å². The fraction of sp³-hybridized carbons (Fsp3) is 0.467. The molecule has 5 nitrogen and oxygen atoms in total. The van der Waals surface area contributed by atoms with Crippen molar-refractivity contribution in [3.63, 3.8) is 0 Å². The van der Waals surface area contributed by atoms with Gasteiger partial charge in [-0.2, -0.15) is 5.10 Å². The minimum absolute atomic E-state index is 0. The van der Waals surface area contributed by atoms with Gasteiger partial charge >= 0.3 is 0 Å². The van der Waals surface area contributed by atoms with E-state index in [4.69, 9.17) is 0 Å². The molecule has 1 fully saturated rings. The summed E-state index contributed by atoms with van der Waals surface area (Å²) in [6.45, 7) is 1.74. The van der Waals surface area contributed by atoms with Crippen molar-refractivity contribution in [3.05, 3.63) is 30.0 Å². The lowest BCUT2D eigenvalue weighted by Gasteiger charge is -2.24. The smallest absolute Gasteiger partial charge is 0.228 e. The van der Waals surface area contributed by atoms with Gasteiger partial charge in [0.2, 0.25) is 5.91 Å². The lowest BCUT2D eigenvalue weighted by molar-refractivity contribution is -0.131. The number of benzene rings is 1. The largest absolute Gasteiger partial charge is 0.338 e. The van der Waals surface area contributed by atoms with Crippen LogP contribution in [0.5, 0.6) is 0 Å². The summed E-state index contributed by atoms with van der Waals surface area (Å²) in [5.74, 6) is 0.192. The maximum absolute atomic E-state index is 12.5. The van der Waals surface area contributed by atoms with Gasteiger partial charge in [-0.25, -0.2) is 0 Å². The molecule has 0 bridgehead atoms. The first-order chi connectivity index (χ1) is 9.79. The molecule has 21 heavy (non-hydrogen) atoms. The van der Waals surface area contributed by atoms with Crippen LogP contribution in [-0.4, -0.2) is 47.2 Å². The van der Waals surface area contributed by atoms with E-state index in [0.717, 1.165) is 42.5 Å². The van der Waals surface area contributed by atoms with Crippen LogP contribution in [0.4, 0.5) is 0 Å². The maximum atomic E-state index is 12.5. The molecule has 1 unspecified atom stereocenters. The normalized spacial score (nSPS) is 18.0.